The van der Waals surface area contributed by atoms with Gasteiger partial charge >= 0.3 is 17.9 Å². The van der Waals surface area contributed by atoms with Crippen LogP contribution in [0.2, 0.25) is 0 Å². The van der Waals surface area contributed by atoms with Crippen LogP contribution in [0.4, 0.5) is 0 Å². The summed E-state index contributed by atoms with van der Waals surface area (Å²) in [7, 11) is 0. The molecule has 0 aliphatic heterocycles. The molecule has 6 nitrogen and oxygen atoms in total. The van der Waals surface area contributed by atoms with Gasteiger partial charge in [0, 0.05) is 6.92 Å². The Morgan fingerprint density at radius 1 is 0.442 bits per heavy atom. The van der Waals surface area contributed by atoms with Crippen molar-refractivity contribution in [2.75, 3.05) is 13.2 Å². The quantitative estimate of drug-likeness (QED) is 0.0441. The van der Waals surface area contributed by atoms with Crippen LogP contribution in [0.25, 0.3) is 0 Å². The number of unbranched alkanes of at least 4 members (excludes halogenated alkanes) is 16. The molecule has 0 rings (SSSR count). The van der Waals surface area contributed by atoms with Gasteiger partial charge in [0.05, 0.1) is 11.8 Å². The molecular formula is C37H70O6. The largest absolute Gasteiger partial charge is 0.462 e. The molecule has 0 aromatic carbocycles. The van der Waals surface area contributed by atoms with Gasteiger partial charge in [-0.15, -0.1) is 0 Å². The van der Waals surface area contributed by atoms with Crippen molar-refractivity contribution in [2.45, 2.75) is 195 Å². The van der Waals surface area contributed by atoms with Crippen molar-refractivity contribution in [3.05, 3.63) is 0 Å². The van der Waals surface area contributed by atoms with Gasteiger partial charge in [-0.25, -0.2) is 0 Å². The Labute approximate surface area is 266 Å². The topological polar surface area (TPSA) is 78.9 Å². The molecule has 43 heavy (non-hydrogen) atoms. The average molecular weight is 611 g/mol. The van der Waals surface area contributed by atoms with E-state index in [9.17, 15) is 14.4 Å². The number of carbonyl (C=O) groups excluding carboxylic acids is 3. The summed E-state index contributed by atoms with van der Waals surface area (Å²) in [6, 6.07) is 0. The fraction of sp³-hybridized carbons (Fsp3) is 0.919. The number of ether oxygens (including phenoxy) is 3. The lowest BCUT2D eigenvalue weighted by Gasteiger charge is -2.23. The monoisotopic (exact) mass is 611 g/mol. The molecule has 0 saturated heterocycles. The Balaban J connectivity index is 5.18. The summed E-state index contributed by atoms with van der Waals surface area (Å²) in [5.74, 6) is -1.20. The molecule has 0 aliphatic carbocycles. The van der Waals surface area contributed by atoms with Crippen LogP contribution in [0, 0.1) is 11.8 Å². The lowest BCUT2D eigenvalue weighted by Crippen LogP contribution is -2.34. The molecule has 0 aromatic rings. The predicted molar refractivity (Wildman–Crippen MR) is 178 cm³/mol. The summed E-state index contributed by atoms with van der Waals surface area (Å²) in [6.07, 6.45) is 25.7. The molecule has 0 saturated carbocycles. The van der Waals surface area contributed by atoms with Crippen molar-refractivity contribution in [1.29, 1.82) is 0 Å². The van der Waals surface area contributed by atoms with Gasteiger partial charge in [-0.2, -0.15) is 0 Å². The van der Waals surface area contributed by atoms with Gasteiger partial charge in [0.15, 0.2) is 6.10 Å². The molecule has 0 N–H and O–H groups in total. The number of hydrogen-bond acceptors (Lipinski definition) is 6. The number of rotatable bonds is 31. The van der Waals surface area contributed by atoms with Gasteiger partial charge in [-0.05, 0) is 25.7 Å². The van der Waals surface area contributed by atoms with Crippen LogP contribution in [-0.4, -0.2) is 37.2 Å². The molecule has 3 unspecified atom stereocenters. The SMILES string of the molecule is CCCCCCCCC(CCCCCC)C(=O)OCC(COC(C)=O)OC(=O)C(CCCCCC)CCCCCCCC. The van der Waals surface area contributed by atoms with Crippen molar-refractivity contribution in [2.24, 2.45) is 11.8 Å². The van der Waals surface area contributed by atoms with E-state index in [0.29, 0.717) is 0 Å². The highest BCUT2D eigenvalue weighted by Crippen LogP contribution is 2.23. The third-order valence-electron chi connectivity index (χ3n) is 8.46. The minimum atomic E-state index is -0.780. The zero-order chi connectivity index (χ0) is 32.0. The van der Waals surface area contributed by atoms with Gasteiger partial charge in [0.1, 0.15) is 13.2 Å². The van der Waals surface area contributed by atoms with Crippen LogP contribution in [0.15, 0.2) is 0 Å². The van der Waals surface area contributed by atoms with E-state index < -0.39 is 12.1 Å². The number of hydrogen-bond donors (Lipinski definition) is 0. The van der Waals surface area contributed by atoms with Crippen LogP contribution in [0.5, 0.6) is 0 Å². The van der Waals surface area contributed by atoms with Crippen LogP contribution < -0.4 is 0 Å². The molecule has 0 heterocycles. The van der Waals surface area contributed by atoms with E-state index in [1.807, 2.05) is 0 Å². The van der Waals surface area contributed by atoms with Crippen LogP contribution in [-0.2, 0) is 28.6 Å². The first-order valence-electron chi connectivity index (χ1n) is 18.4. The van der Waals surface area contributed by atoms with E-state index in [0.717, 1.165) is 89.9 Å². The highest BCUT2D eigenvalue weighted by atomic mass is 16.6. The average Bonchev–Trinajstić information content (AvgIpc) is 2.99. The smallest absolute Gasteiger partial charge is 0.309 e. The second-order valence-corrected chi connectivity index (χ2v) is 12.7. The highest BCUT2D eigenvalue weighted by Gasteiger charge is 2.27. The molecule has 0 bridgehead atoms. The summed E-state index contributed by atoms with van der Waals surface area (Å²) in [6.45, 7) is 9.99. The molecule has 0 fully saturated rings. The Hall–Kier alpha value is -1.59. The second-order valence-electron chi connectivity index (χ2n) is 12.7. The Kier molecular flexibility index (Phi) is 29.3. The Morgan fingerprint density at radius 2 is 0.767 bits per heavy atom. The van der Waals surface area contributed by atoms with Crippen molar-refractivity contribution in [1.82, 2.24) is 0 Å². The summed E-state index contributed by atoms with van der Waals surface area (Å²) in [5.41, 5.74) is 0. The lowest BCUT2D eigenvalue weighted by molar-refractivity contribution is -0.171. The van der Waals surface area contributed by atoms with Crippen molar-refractivity contribution in [3.63, 3.8) is 0 Å². The minimum absolute atomic E-state index is 0.0701. The lowest BCUT2D eigenvalue weighted by atomic mass is 9.94. The molecule has 0 aromatic heterocycles. The highest BCUT2D eigenvalue weighted by molar-refractivity contribution is 5.73. The van der Waals surface area contributed by atoms with E-state index in [1.165, 1.54) is 71.1 Å². The molecule has 0 radical (unpaired) electrons. The maximum absolute atomic E-state index is 13.4. The van der Waals surface area contributed by atoms with E-state index in [1.54, 1.807) is 0 Å². The first-order chi connectivity index (χ1) is 20.9. The second kappa shape index (κ2) is 30.4. The first kappa shape index (κ1) is 41.4. The summed E-state index contributed by atoms with van der Waals surface area (Å²) in [4.78, 5) is 38.2. The van der Waals surface area contributed by atoms with Gasteiger partial charge in [-0.3, -0.25) is 14.4 Å². The summed E-state index contributed by atoms with van der Waals surface area (Å²) >= 11 is 0. The van der Waals surface area contributed by atoms with Crippen molar-refractivity contribution >= 4 is 17.9 Å². The fourth-order valence-electron chi connectivity index (χ4n) is 5.62. The summed E-state index contributed by atoms with van der Waals surface area (Å²) < 4.78 is 16.9. The third kappa shape index (κ3) is 25.4. The summed E-state index contributed by atoms with van der Waals surface area (Å²) in [5, 5.41) is 0. The zero-order valence-corrected chi connectivity index (χ0v) is 29.1. The van der Waals surface area contributed by atoms with Gasteiger partial charge in [0.2, 0.25) is 0 Å². The number of carbonyl (C=O) groups is 3. The normalized spacial score (nSPS) is 13.3. The van der Waals surface area contributed by atoms with E-state index >= 15 is 0 Å². The van der Waals surface area contributed by atoms with E-state index in [-0.39, 0.29) is 37.0 Å². The van der Waals surface area contributed by atoms with Crippen molar-refractivity contribution < 1.29 is 28.6 Å². The molecule has 0 amide bonds. The number of esters is 3. The van der Waals surface area contributed by atoms with E-state index in [2.05, 4.69) is 27.7 Å². The molecule has 3 atom stereocenters. The minimum Gasteiger partial charge on any atom is -0.462 e. The Bertz CT molecular complexity index is 663. The molecule has 6 heteroatoms. The first-order valence-corrected chi connectivity index (χ1v) is 18.4. The molecule has 254 valence electrons. The fourth-order valence-corrected chi connectivity index (χ4v) is 5.62. The maximum atomic E-state index is 13.4. The third-order valence-corrected chi connectivity index (χ3v) is 8.46. The zero-order valence-electron chi connectivity index (χ0n) is 29.1. The van der Waals surface area contributed by atoms with Crippen molar-refractivity contribution in [3.8, 4) is 0 Å². The van der Waals surface area contributed by atoms with Crippen LogP contribution in [0.3, 0.4) is 0 Å². The predicted octanol–water partition coefficient (Wildman–Crippen LogP) is 10.7. The maximum Gasteiger partial charge on any atom is 0.309 e. The Morgan fingerprint density at radius 3 is 1.16 bits per heavy atom. The standard InChI is InChI=1S/C37H70O6/c1-6-10-14-18-20-24-27-33(26-22-16-12-8-3)36(39)42-31-35(30-41-32(5)38)43-37(40)34(28-23-17-13-9-4)29-25-21-19-15-11-7-2/h33-35H,6-31H2,1-5H3. The van der Waals surface area contributed by atoms with E-state index in [4.69, 9.17) is 14.2 Å². The van der Waals surface area contributed by atoms with Crippen LogP contribution in [0.1, 0.15) is 189 Å². The van der Waals surface area contributed by atoms with Gasteiger partial charge < -0.3 is 14.2 Å². The molecule has 0 aliphatic rings. The van der Waals surface area contributed by atoms with Crippen LogP contribution >= 0.6 is 0 Å². The van der Waals surface area contributed by atoms with Gasteiger partial charge in [0.25, 0.3) is 0 Å². The molecular weight excluding hydrogens is 540 g/mol. The van der Waals surface area contributed by atoms with Gasteiger partial charge in [-0.1, -0.05) is 156 Å². The molecule has 0 spiro atoms.